The van der Waals surface area contributed by atoms with Gasteiger partial charge >= 0.3 is 0 Å². The van der Waals surface area contributed by atoms with Crippen LogP contribution in [0.15, 0.2) is 6.33 Å². The molecular weight excluding hydrogens is 170 g/mol. The van der Waals surface area contributed by atoms with E-state index in [1.54, 1.807) is 0 Å². The molecule has 62 valence electrons. The lowest BCUT2D eigenvalue weighted by atomic mass is 10.5. The summed E-state index contributed by atoms with van der Waals surface area (Å²) in [5.41, 5.74) is 0. The Bertz CT molecular complexity index is 316. The average molecular weight is 177 g/mol. The fraction of sp³-hybridized carbons (Fsp3) is 0.500. The van der Waals surface area contributed by atoms with Crippen LogP contribution in [0, 0.1) is 0 Å². The molecule has 1 aromatic heterocycles. The lowest BCUT2D eigenvalue weighted by Crippen LogP contribution is -2.09. The predicted molar refractivity (Wildman–Crippen MR) is 36.3 cm³/mol. The predicted octanol–water partition coefficient (Wildman–Crippen LogP) is -0.246. The number of aromatic amines is 1. The van der Waals surface area contributed by atoms with Crippen LogP contribution >= 0.6 is 0 Å². The Hall–Kier alpha value is -0.950. The van der Waals surface area contributed by atoms with Gasteiger partial charge in [-0.15, -0.1) is 0 Å². The first kappa shape index (κ1) is 8.15. The van der Waals surface area contributed by atoms with Gasteiger partial charge < -0.3 is 0 Å². The Balaban J connectivity index is 2.97. The second kappa shape index (κ2) is 2.59. The van der Waals surface area contributed by atoms with Crippen molar-refractivity contribution < 1.29 is 13.0 Å². The Kier molecular flexibility index (Phi) is 1.92. The molecule has 1 heterocycles. The first-order valence-electron chi connectivity index (χ1n) is 2.83. The van der Waals surface area contributed by atoms with E-state index < -0.39 is 15.4 Å². The molecule has 1 unspecified atom stereocenters. The summed E-state index contributed by atoms with van der Waals surface area (Å²) in [6, 6.07) is 0. The van der Waals surface area contributed by atoms with E-state index >= 15 is 0 Å². The molecule has 1 aromatic rings. The quantitative estimate of drug-likeness (QED) is 0.607. The number of hydrogen-bond acceptors (Lipinski definition) is 4. The van der Waals surface area contributed by atoms with Crippen molar-refractivity contribution in [2.75, 3.05) is 0 Å². The molecule has 0 aliphatic rings. The topological polar surface area (TPSA) is 95.9 Å². The molecule has 0 aliphatic carbocycles. The van der Waals surface area contributed by atoms with Crippen LogP contribution in [0.5, 0.6) is 0 Å². The standard InChI is InChI=1S/C4H7N3O3S/c1-3(11(8,9)10)4-5-2-6-7-4/h2-3H,1H3,(H,5,6,7)(H,8,9,10). The molecule has 0 fully saturated rings. The van der Waals surface area contributed by atoms with E-state index in [1.807, 2.05) is 0 Å². The Labute approximate surface area is 63.4 Å². The minimum atomic E-state index is -4.06. The van der Waals surface area contributed by atoms with Gasteiger partial charge in [0.1, 0.15) is 17.4 Å². The van der Waals surface area contributed by atoms with E-state index in [-0.39, 0.29) is 5.82 Å². The highest BCUT2D eigenvalue weighted by Crippen LogP contribution is 2.14. The molecule has 0 amide bonds. The summed E-state index contributed by atoms with van der Waals surface area (Å²) in [6.45, 7) is 1.32. The highest BCUT2D eigenvalue weighted by Gasteiger charge is 2.21. The van der Waals surface area contributed by atoms with Gasteiger partial charge in [-0.3, -0.25) is 9.65 Å². The van der Waals surface area contributed by atoms with Crippen LogP contribution in [0.3, 0.4) is 0 Å². The highest BCUT2D eigenvalue weighted by molar-refractivity contribution is 7.86. The lowest BCUT2D eigenvalue weighted by Gasteiger charge is -2.01. The fourth-order valence-corrected chi connectivity index (χ4v) is 0.948. The summed E-state index contributed by atoms with van der Waals surface area (Å²) in [6.07, 6.45) is 1.18. The summed E-state index contributed by atoms with van der Waals surface area (Å²) in [4.78, 5) is 3.58. The SMILES string of the molecule is CC(c1ncn[nH]1)S(=O)(=O)O. The summed E-state index contributed by atoms with van der Waals surface area (Å²) in [5.74, 6) is 0.132. The number of aromatic nitrogens is 3. The molecule has 0 bridgehead atoms. The van der Waals surface area contributed by atoms with E-state index in [9.17, 15) is 8.42 Å². The van der Waals surface area contributed by atoms with Crippen molar-refractivity contribution >= 4 is 10.1 Å². The number of nitrogens with one attached hydrogen (secondary N) is 1. The largest absolute Gasteiger partial charge is 0.285 e. The fourth-order valence-electron chi connectivity index (χ4n) is 0.552. The smallest absolute Gasteiger partial charge is 0.274 e. The summed E-state index contributed by atoms with van der Waals surface area (Å²) < 4.78 is 29.5. The second-order valence-electron chi connectivity index (χ2n) is 2.03. The van der Waals surface area contributed by atoms with Gasteiger partial charge in [0.05, 0.1) is 0 Å². The van der Waals surface area contributed by atoms with Crippen molar-refractivity contribution in [3.8, 4) is 0 Å². The van der Waals surface area contributed by atoms with Crippen LogP contribution in [0.25, 0.3) is 0 Å². The Morgan fingerprint density at radius 3 is 2.73 bits per heavy atom. The zero-order chi connectivity index (χ0) is 8.48. The summed E-state index contributed by atoms with van der Waals surface area (Å²) >= 11 is 0. The van der Waals surface area contributed by atoms with Gasteiger partial charge in [0.2, 0.25) is 0 Å². The van der Waals surface area contributed by atoms with Gasteiger partial charge in [0.15, 0.2) is 0 Å². The normalized spacial score (nSPS) is 14.7. The molecule has 0 spiro atoms. The van der Waals surface area contributed by atoms with Crippen molar-refractivity contribution in [1.82, 2.24) is 15.2 Å². The maximum Gasteiger partial charge on any atom is 0.274 e. The first-order valence-corrected chi connectivity index (χ1v) is 4.33. The molecule has 0 saturated heterocycles. The van der Waals surface area contributed by atoms with Gasteiger partial charge in [-0.25, -0.2) is 4.98 Å². The molecule has 0 aromatic carbocycles. The van der Waals surface area contributed by atoms with Crippen molar-refractivity contribution in [1.29, 1.82) is 0 Å². The third-order valence-corrected chi connectivity index (χ3v) is 2.38. The number of H-pyrrole nitrogens is 1. The van der Waals surface area contributed by atoms with E-state index in [0.717, 1.165) is 0 Å². The zero-order valence-corrected chi connectivity index (χ0v) is 6.54. The Morgan fingerprint density at radius 2 is 2.36 bits per heavy atom. The molecule has 1 atom stereocenters. The van der Waals surface area contributed by atoms with Gasteiger partial charge in [0, 0.05) is 0 Å². The summed E-state index contributed by atoms with van der Waals surface area (Å²) in [5, 5.41) is 4.74. The average Bonchev–Trinajstić information content (AvgIpc) is 2.34. The van der Waals surface area contributed by atoms with Crippen LogP contribution < -0.4 is 0 Å². The third kappa shape index (κ3) is 1.75. The number of rotatable bonds is 2. The molecule has 6 nitrogen and oxygen atoms in total. The lowest BCUT2D eigenvalue weighted by molar-refractivity contribution is 0.470. The van der Waals surface area contributed by atoms with Gasteiger partial charge in [0.25, 0.3) is 10.1 Å². The second-order valence-corrected chi connectivity index (χ2v) is 3.76. The maximum atomic E-state index is 10.5. The minimum absolute atomic E-state index is 0.132. The van der Waals surface area contributed by atoms with Crippen molar-refractivity contribution in [2.45, 2.75) is 12.2 Å². The summed E-state index contributed by atoms with van der Waals surface area (Å²) in [7, 11) is -4.06. The van der Waals surface area contributed by atoms with Crippen LogP contribution in [0.2, 0.25) is 0 Å². The van der Waals surface area contributed by atoms with Crippen LogP contribution in [0.1, 0.15) is 18.0 Å². The van der Waals surface area contributed by atoms with Crippen molar-refractivity contribution in [2.24, 2.45) is 0 Å². The molecule has 1 rings (SSSR count). The van der Waals surface area contributed by atoms with Crippen molar-refractivity contribution in [3.05, 3.63) is 12.2 Å². The minimum Gasteiger partial charge on any atom is -0.285 e. The number of hydrogen-bond donors (Lipinski definition) is 2. The monoisotopic (exact) mass is 177 g/mol. The van der Waals surface area contributed by atoms with E-state index in [2.05, 4.69) is 15.2 Å². The zero-order valence-electron chi connectivity index (χ0n) is 5.72. The highest BCUT2D eigenvalue weighted by atomic mass is 32.2. The van der Waals surface area contributed by atoms with E-state index in [1.165, 1.54) is 13.3 Å². The maximum absolute atomic E-state index is 10.5. The molecular formula is C4H7N3O3S. The van der Waals surface area contributed by atoms with Crippen LogP contribution in [-0.4, -0.2) is 28.2 Å². The first-order chi connectivity index (χ1) is 5.02. The Morgan fingerprint density at radius 1 is 1.73 bits per heavy atom. The van der Waals surface area contributed by atoms with Gasteiger partial charge in [-0.2, -0.15) is 13.5 Å². The van der Waals surface area contributed by atoms with Gasteiger partial charge in [-0.05, 0) is 6.92 Å². The van der Waals surface area contributed by atoms with Crippen LogP contribution in [-0.2, 0) is 10.1 Å². The van der Waals surface area contributed by atoms with E-state index in [4.69, 9.17) is 4.55 Å². The van der Waals surface area contributed by atoms with Gasteiger partial charge in [-0.1, -0.05) is 0 Å². The number of nitrogens with zero attached hydrogens (tertiary/aromatic N) is 2. The molecule has 0 radical (unpaired) electrons. The van der Waals surface area contributed by atoms with Crippen molar-refractivity contribution in [3.63, 3.8) is 0 Å². The molecule has 0 aliphatic heterocycles. The molecule has 0 saturated carbocycles. The third-order valence-electron chi connectivity index (χ3n) is 1.27. The van der Waals surface area contributed by atoms with E-state index in [0.29, 0.717) is 0 Å². The molecule has 7 heteroatoms. The molecule has 11 heavy (non-hydrogen) atoms. The molecule has 2 N–H and O–H groups in total. The van der Waals surface area contributed by atoms with Crippen LogP contribution in [0.4, 0.5) is 0 Å².